The van der Waals surface area contributed by atoms with E-state index in [2.05, 4.69) is 10.4 Å². The number of amides is 2. The number of rotatable bonds is 5. The fourth-order valence-electron chi connectivity index (χ4n) is 5.52. The summed E-state index contributed by atoms with van der Waals surface area (Å²) in [6.07, 6.45) is 6.76. The molecule has 2 aromatic carbocycles. The Morgan fingerprint density at radius 2 is 1.78 bits per heavy atom. The Hall–Kier alpha value is -4.07. The van der Waals surface area contributed by atoms with Crippen LogP contribution in [0.4, 0.5) is 10.2 Å². The van der Waals surface area contributed by atoms with E-state index < -0.39 is 5.41 Å². The highest BCUT2D eigenvalue weighted by atomic mass is 19.1. The van der Waals surface area contributed by atoms with Crippen molar-refractivity contribution in [1.82, 2.24) is 20.1 Å². The van der Waals surface area contributed by atoms with Crippen molar-refractivity contribution in [2.24, 2.45) is 11.3 Å². The number of fused-ring (bicyclic) bond motifs is 1. The Bertz CT molecular complexity index is 1490. The number of halogens is 1. The van der Waals surface area contributed by atoms with E-state index in [-0.39, 0.29) is 35.6 Å². The zero-order valence-electron chi connectivity index (χ0n) is 19.5. The van der Waals surface area contributed by atoms with E-state index in [0.29, 0.717) is 5.82 Å². The maximum absolute atomic E-state index is 13.9. The zero-order chi connectivity index (χ0) is 24.4. The molecule has 2 unspecified atom stereocenters. The van der Waals surface area contributed by atoms with Gasteiger partial charge in [-0.05, 0) is 61.6 Å². The van der Waals surface area contributed by atoms with Crippen molar-refractivity contribution in [3.05, 3.63) is 84.4 Å². The molecule has 8 heteroatoms. The summed E-state index contributed by atoms with van der Waals surface area (Å²) in [6, 6.07) is 17.2. The fourth-order valence-corrected chi connectivity index (χ4v) is 5.52. The second-order valence-corrected chi connectivity index (χ2v) is 10.1. The highest BCUT2D eigenvalue weighted by Gasteiger charge is 2.67. The standard InChI is InChI=1S/C28H24FN5O2/c29-20-8-10-21(11-9-20)34-22-16-30-23(14-19(22)15-31-34)33-24(17-4-2-1-3-5-17)25(28(12-13-28)27(33)36)32-26(35)18-6-7-18/h1-5,8-11,14-16,18,24-25H,6-7,12-13H2,(H,32,35). The molecule has 3 aliphatic rings. The summed E-state index contributed by atoms with van der Waals surface area (Å²) in [4.78, 5) is 33.2. The lowest BCUT2D eigenvalue weighted by molar-refractivity contribution is -0.124. The maximum Gasteiger partial charge on any atom is 0.237 e. The monoisotopic (exact) mass is 481 g/mol. The van der Waals surface area contributed by atoms with E-state index in [1.165, 1.54) is 12.1 Å². The van der Waals surface area contributed by atoms with Crippen molar-refractivity contribution in [1.29, 1.82) is 0 Å². The van der Waals surface area contributed by atoms with Crippen LogP contribution >= 0.6 is 0 Å². The number of nitrogens with zero attached hydrogens (tertiary/aromatic N) is 4. The van der Waals surface area contributed by atoms with Crippen LogP contribution in [-0.2, 0) is 9.59 Å². The van der Waals surface area contributed by atoms with Crippen molar-refractivity contribution in [2.75, 3.05) is 4.90 Å². The van der Waals surface area contributed by atoms with Gasteiger partial charge in [0.05, 0.1) is 41.1 Å². The number of hydrogen-bond donors (Lipinski definition) is 1. The van der Waals surface area contributed by atoms with Gasteiger partial charge < -0.3 is 5.32 Å². The predicted molar refractivity (Wildman–Crippen MR) is 132 cm³/mol. The first-order valence-corrected chi connectivity index (χ1v) is 12.3. The molecule has 2 aliphatic carbocycles. The Kier molecular flexibility index (Phi) is 4.55. The van der Waals surface area contributed by atoms with Crippen LogP contribution in [0.5, 0.6) is 0 Å². The van der Waals surface area contributed by atoms with Gasteiger partial charge in [-0.25, -0.2) is 14.1 Å². The Morgan fingerprint density at radius 3 is 2.47 bits per heavy atom. The number of anilines is 1. The molecule has 0 radical (unpaired) electrons. The lowest BCUT2D eigenvalue weighted by atomic mass is 9.91. The van der Waals surface area contributed by atoms with Gasteiger partial charge in [-0.1, -0.05) is 30.3 Å². The molecule has 1 saturated heterocycles. The molecule has 7 nitrogen and oxygen atoms in total. The number of aromatic nitrogens is 3. The fraction of sp³-hybridized carbons (Fsp3) is 0.286. The first-order chi connectivity index (χ1) is 17.5. The third kappa shape index (κ3) is 3.24. The van der Waals surface area contributed by atoms with Crippen LogP contribution < -0.4 is 10.2 Å². The van der Waals surface area contributed by atoms with Crippen molar-refractivity contribution < 1.29 is 14.0 Å². The van der Waals surface area contributed by atoms with E-state index >= 15 is 0 Å². The predicted octanol–water partition coefficient (Wildman–Crippen LogP) is 4.32. The van der Waals surface area contributed by atoms with Gasteiger partial charge in [0.25, 0.3) is 0 Å². The molecule has 2 amide bonds. The van der Waals surface area contributed by atoms with Crippen LogP contribution in [0.15, 0.2) is 73.1 Å². The van der Waals surface area contributed by atoms with E-state index in [9.17, 15) is 14.0 Å². The molecule has 1 spiro atoms. The summed E-state index contributed by atoms with van der Waals surface area (Å²) < 4.78 is 15.1. The minimum atomic E-state index is -0.583. The summed E-state index contributed by atoms with van der Waals surface area (Å²) in [5.74, 6) is 0.344. The Balaban J connectivity index is 1.31. The zero-order valence-corrected chi connectivity index (χ0v) is 19.5. The van der Waals surface area contributed by atoms with Gasteiger partial charge in [-0.2, -0.15) is 5.10 Å². The van der Waals surface area contributed by atoms with Gasteiger partial charge in [0.2, 0.25) is 11.8 Å². The van der Waals surface area contributed by atoms with Crippen LogP contribution in [0.3, 0.4) is 0 Å². The number of carbonyl (C=O) groups excluding carboxylic acids is 2. The molecule has 36 heavy (non-hydrogen) atoms. The third-order valence-corrected chi connectivity index (χ3v) is 7.77. The SMILES string of the molecule is O=C(NC1C(c2ccccc2)N(c2cc3cnn(-c4ccc(F)cc4)c3cn2)C(=O)C12CC2)C1CC1. The van der Waals surface area contributed by atoms with Crippen LogP contribution in [0, 0.1) is 17.2 Å². The van der Waals surface area contributed by atoms with Gasteiger partial charge in [-0.3, -0.25) is 14.5 Å². The Labute approximate surface area is 206 Å². The summed E-state index contributed by atoms with van der Waals surface area (Å²) in [6.45, 7) is 0. The molecule has 1 N–H and O–H groups in total. The van der Waals surface area contributed by atoms with Crippen LogP contribution in [0.25, 0.3) is 16.6 Å². The van der Waals surface area contributed by atoms with Gasteiger partial charge >= 0.3 is 0 Å². The van der Waals surface area contributed by atoms with Crippen molar-refractivity contribution >= 4 is 28.5 Å². The second kappa shape index (κ2) is 7.71. The van der Waals surface area contributed by atoms with E-state index in [4.69, 9.17) is 4.98 Å². The largest absolute Gasteiger partial charge is 0.350 e. The van der Waals surface area contributed by atoms with E-state index in [1.807, 2.05) is 36.4 Å². The molecule has 2 aromatic heterocycles. The average molecular weight is 482 g/mol. The van der Waals surface area contributed by atoms with Crippen molar-refractivity contribution in [2.45, 2.75) is 37.8 Å². The van der Waals surface area contributed by atoms with Crippen LogP contribution in [0.1, 0.15) is 37.3 Å². The normalized spacial score (nSPS) is 22.4. The molecule has 3 heterocycles. The van der Waals surface area contributed by atoms with E-state index in [0.717, 1.165) is 47.8 Å². The van der Waals surface area contributed by atoms with Crippen molar-refractivity contribution in [3.63, 3.8) is 0 Å². The third-order valence-electron chi connectivity index (χ3n) is 7.77. The number of nitrogens with one attached hydrogen (secondary N) is 1. The molecule has 180 valence electrons. The molecule has 0 bridgehead atoms. The molecule has 2 atom stereocenters. The summed E-state index contributed by atoms with van der Waals surface area (Å²) in [5, 5.41) is 8.56. The van der Waals surface area contributed by atoms with Crippen molar-refractivity contribution in [3.8, 4) is 5.69 Å². The van der Waals surface area contributed by atoms with Crippen LogP contribution in [-0.4, -0.2) is 32.6 Å². The molecular weight excluding hydrogens is 457 g/mol. The van der Waals surface area contributed by atoms with Gasteiger partial charge in [0, 0.05) is 11.3 Å². The highest BCUT2D eigenvalue weighted by molar-refractivity contribution is 6.04. The molecule has 4 aromatic rings. The first-order valence-electron chi connectivity index (χ1n) is 12.3. The molecule has 3 fully saturated rings. The number of benzene rings is 2. The quantitative estimate of drug-likeness (QED) is 0.460. The molecule has 1 aliphatic heterocycles. The lowest BCUT2D eigenvalue weighted by Gasteiger charge is -2.29. The average Bonchev–Trinajstić information content (AvgIpc) is 3.82. The topological polar surface area (TPSA) is 80.1 Å². The smallest absolute Gasteiger partial charge is 0.237 e. The van der Waals surface area contributed by atoms with Gasteiger partial charge in [0.15, 0.2) is 0 Å². The Morgan fingerprint density at radius 1 is 1.03 bits per heavy atom. The van der Waals surface area contributed by atoms with Gasteiger partial charge in [-0.15, -0.1) is 0 Å². The number of pyridine rings is 1. The second-order valence-electron chi connectivity index (χ2n) is 10.1. The first kappa shape index (κ1) is 21.2. The number of hydrogen-bond acceptors (Lipinski definition) is 4. The van der Waals surface area contributed by atoms with E-state index in [1.54, 1.807) is 34.1 Å². The van der Waals surface area contributed by atoms with Gasteiger partial charge in [0.1, 0.15) is 11.6 Å². The van der Waals surface area contributed by atoms with Crippen LogP contribution in [0.2, 0.25) is 0 Å². The minimum Gasteiger partial charge on any atom is -0.350 e. The minimum absolute atomic E-state index is 0.00947. The maximum atomic E-state index is 13.9. The number of carbonyl (C=O) groups is 2. The molecule has 7 rings (SSSR count). The highest BCUT2D eigenvalue weighted by Crippen LogP contribution is 2.60. The molecular formula is C28H24FN5O2. The summed E-state index contributed by atoms with van der Waals surface area (Å²) >= 11 is 0. The summed E-state index contributed by atoms with van der Waals surface area (Å²) in [7, 11) is 0. The summed E-state index contributed by atoms with van der Waals surface area (Å²) in [5.41, 5.74) is 1.87. The molecule has 2 saturated carbocycles. The lowest BCUT2D eigenvalue weighted by Crippen LogP contribution is -2.44.